The van der Waals surface area contributed by atoms with Gasteiger partial charge >= 0.3 is 5.97 Å². The van der Waals surface area contributed by atoms with Crippen LogP contribution in [0.5, 0.6) is 0 Å². The Balaban J connectivity index is 2.33. The average molecular weight is 275 g/mol. The van der Waals surface area contributed by atoms with Crippen LogP contribution in [0.4, 0.5) is 0 Å². The van der Waals surface area contributed by atoms with E-state index in [4.69, 9.17) is 5.11 Å². The van der Waals surface area contributed by atoms with Crippen LogP contribution in [-0.4, -0.2) is 45.2 Å². The van der Waals surface area contributed by atoms with Crippen molar-refractivity contribution in [2.24, 2.45) is 0 Å². The fourth-order valence-electron chi connectivity index (χ4n) is 2.45. The smallest absolute Gasteiger partial charge is 0.335 e. The molecular formula is C15H21N3O2. The van der Waals surface area contributed by atoms with E-state index >= 15 is 0 Å². The summed E-state index contributed by atoms with van der Waals surface area (Å²) in [5, 5.41) is 9.09. The number of carboxylic acid groups (broad SMARTS) is 1. The molecule has 1 atom stereocenters. The number of fused-ring (bicyclic) bond motifs is 1. The van der Waals surface area contributed by atoms with Crippen molar-refractivity contribution in [1.82, 2.24) is 14.5 Å². The summed E-state index contributed by atoms with van der Waals surface area (Å²) < 4.78 is 2.06. The van der Waals surface area contributed by atoms with E-state index in [0.29, 0.717) is 5.56 Å². The molecular weight excluding hydrogens is 254 g/mol. The van der Waals surface area contributed by atoms with Gasteiger partial charge in [0.25, 0.3) is 0 Å². The summed E-state index contributed by atoms with van der Waals surface area (Å²) >= 11 is 0. The fourth-order valence-corrected chi connectivity index (χ4v) is 2.45. The monoisotopic (exact) mass is 275 g/mol. The van der Waals surface area contributed by atoms with Gasteiger partial charge in [0.15, 0.2) is 0 Å². The van der Waals surface area contributed by atoms with Gasteiger partial charge in [0.2, 0.25) is 0 Å². The third-order valence-electron chi connectivity index (χ3n) is 3.71. The number of carboxylic acids is 1. The number of rotatable bonds is 6. The Labute approximate surface area is 118 Å². The van der Waals surface area contributed by atoms with Gasteiger partial charge in [-0.2, -0.15) is 0 Å². The zero-order chi connectivity index (χ0) is 14.7. The second-order valence-electron chi connectivity index (χ2n) is 5.00. The molecule has 2 aromatic rings. The molecule has 1 aromatic heterocycles. The lowest BCUT2D eigenvalue weighted by atomic mass is 10.2. The summed E-state index contributed by atoms with van der Waals surface area (Å²) in [4.78, 5) is 17.8. The Morgan fingerprint density at radius 3 is 2.70 bits per heavy atom. The second kappa shape index (κ2) is 6.05. The maximum atomic E-state index is 11.1. The topological polar surface area (TPSA) is 58.4 Å². The Hall–Kier alpha value is -1.88. The van der Waals surface area contributed by atoms with Gasteiger partial charge < -0.3 is 14.6 Å². The van der Waals surface area contributed by atoms with Crippen LogP contribution < -0.4 is 0 Å². The first-order chi connectivity index (χ1) is 9.56. The van der Waals surface area contributed by atoms with Gasteiger partial charge in [-0.15, -0.1) is 0 Å². The van der Waals surface area contributed by atoms with E-state index in [0.717, 1.165) is 30.7 Å². The summed E-state index contributed by atoms with van der Waals surface area (Å²) in [6.45, 7) is 9.36. The summed E-state index contributed by atoms with van der Waals surface area (Å²) in [6.07, 6.45) is 1.80. The van der Waals surface area contributed by atoms with Crippen LogP contribution in [0.2, 0.25) is 0 Å². The highest BCUT2D eigenvalue weighted by atomic mass is 16.4. The molecule has 108 valence electrons. The first kappa shape index (κ1) is 14.5. The van der Waals surface area contributed by atoms with Crippen LogP contribution >= 0.6 is 0 Å². The van der Waals surface area contributed by atoms with Gasteiger partial charge in [0.05, 0.1) is 22.9 Å². The van der Waals surface area contributed by atoms with Crippen LogP contribution in [0.3, 0.4) is 0 Å². The standard InChI is InChI=1S/C15H21N3O2/c1-4-17(5-2)9-11(3)18-10-16-13-7-6-12(15(19)20)8-14(13)18/h6-8,10-11H,4-5,9H2,1-3H3,(H,19,20). The van der Waals surface area contributed by atoms with Crippen molar-refractivity contribution in [2.75, 3.05) is 19.6 Å². The highest BCUT2D eigenvalue weighted by Gasteiger charge is 2.14. The van der Waals surface area contributed by atoms with E-state index < -0.39 is 5.97 Å². The van der Waals surface area contributed by atoms with Gasteiger partial charge in [0, 0.05) is 12.6 Å². The van der Waals surface area contributed by atoms with Gasteiger partial charge in [0.1, 0.15) is 0 Å². The molecule has 0 fully saturated rings. The molecule has 0 aliphatic heterocycles. The molecule has 0 bridgehead atoms. The minimum atomic E-state index is -0.906. The zero-order valence-electron chi connectivity index (χ0n) is 12.2. The van der Waals surface area contributed by atoms with Crippen LogP contribution in [0.1, 0.15) is 37.2 Å². The number of nitrogens with zero attached hydrogens (tertiary/aromatic N) is 3. The molecule has 5 heteroatoms. The fraction of sp³-hybridized carbons (Fsp3) is 0.467. The lowest BCUT2D eigenvalue weighted by molar-refractivity contribution is 0.0697. The van der Waals surface area contributed by atoms with Gasteiger partial charge in [-0.3, -0.25) is 0 Å². The van der Waals surface area contributed by atoms with Crippen LogP contribution in [-0.2, 0) is 0 Å². The normalized spacial score (nSPS) is 13.0. The predicted octanol–water partition coefficient (Wildman–Crippen LogP) is 2.64. The zero-order valence-corrected chi connectivity index (χ0v) is 12.2. The summed E-state index contributed by atoms with van der Waals surface area (Å²) in [5.41, 5.74) is 2.01. The van der Waals surface area contributed by atoms with E-state index in [2.05, 4.69) is 35.2 Å². The first-order valence-corrected chi connectivity index (χ1v) is 6.99. The van der Waals surface area contributed by atoms with Gasteiger partial charge in [-0.1, -0.05) is 13.8 Å². The Kier molecular flexibility index (Phi) is 4.39. The van der Waals surface area contributed by atoms with Crippen molar-refractivity contribution in [1.29, 1.82) is 0 Å². The number of benzene rings is 1. The molecule has 0 saturated heterocycles. The highest BCUT2D eigenvalue weighted by Crippen LogP contribution is 2.20. The molecule has 1 unspecified atom stereocenters. The molecule has 0 aliphatic rings. The highest BCUT2D eigenvalue weighted by molar-refractivity contribution is 5.92. The maximum Gasteiger partial charge on any atom is 0.335 e. The Morgan fingerprint density at radius 1 is 1.40 bits per heavy atom. The number of carbonyl (C=O) groups is 1. The van der Waals surface area contributed by atoms with E-state index in [1.54, 1.807) is 24.5 Å². The Bertz CT molecular complexity index is 602. The number of hydrogen-bond donors (Lipinski definition) is 1. The minimum Gasteiger partial charge on any atom is -0.478 e. The lowest BCUT2D eigenvalue weighted by Gasteiger charge is -2.24. The maximum absolute atomic E-state index is 11.1. The SMILES string of the molecule is CCN(CC)CC(C)n1cnc2ccc(C(=O)O)cc21. The number of hydrogen-bond acceptors (Lipinski definition) is 3. The van der Waals surface area contributed by atoms with E-state index in [-0.39, 0.29) is 6.04 Å². The van der Waals surface area contributed by atoms with Crippen molar-refractivity contribution < 1.29 is 9.90 Å². The number of imidazole rings is 1. The van der Waals surface area contributed by atoms with Crippen molar-refractivity contribution in [2.45, 2.75) is 26.8 Å². The largest absolute Gasteiger partial charge is 0.478 e. The third kappa shape index (κ3) is 2.82. The summed E-state index contributed by atoms with van der Waals surface area (Å²) in [6, 6.07) is 5.31. The number of aromatic nitrogens is 2. The van der Waals surface area contributed by atoms with Gasteiger partial charge in [-0.05, 0) is 38.2 Å². The van der Waals surface area contributed by atoms with E-state index in [9.17, 15) is 4.79 Å². The minimum absolute atomic E-state index is 0.254. The molecule has 0 amide bonds. The van der Waals surface area contributed by atoms with Crippen LogP contribution in [0.15, 0.2) is 24.5 Å². The molecule has 0 saturated carbocycles. The molecule has 5 nitrogen and oxygen atoms in total. The van der Waals surface area contributed by atoms with Crippen molar-refractivity contribution in [3.63, 3.8) is 0 Å². The summed E-state index contributed by atoms with van der Waals surface area (Å²) in [7, 11) is 0. The molecule has 1 N–H and O–H groups in total. The predicted molar refractivity (Wildman–Crippen MR) is 79.2 cm³/mol. The molecule has 0 aliphatic carbocycles. The van der Waals surface area contributed by atoms with Gasteiger partial charge in [-0.25, -0.2) is 9.78 Å². The number of likely N-dealkylation sites (N-methyl/N-ethyl adjacent to an activating group) is 1. The van der Waals surface area contributed by atoms with Crippen molar-refractivity contribution in [3.05, 3.63) is 30.1 Å². The average Bonchev–Trinajstić information content (AvgIpc) is 2.87. The van der Waals surface area contributed by atoms with Crippen molar-refractivity contribution >= 4 is 17.0 Å². The first-order valence-electron chi connectivity index (χ1n) is 6.99. The van der Waals surface area contributed by atoms with E-state index in [1.165, 1.54) is 0 Å². The van der Waals surface area contributed by atoms with Crippen LogP contribution in [0.25, 0.3) is 11.0 Å². The van der Waals surface area contributed by atoms with E-state index in [1.807, 2.05) is 0 Å². The molecule has 20 heavy (non-hydrogen) atoms. The molecule has 2 rings (SSSR count). The van der Waals surface area contributed by atoms with Crippen LogP contribution in [0, 0.1) is 0 Å². The van der Waals surface area contributed by atoms with Crippen molar-refractivity contribution in [3.8, 4) is 0 Å². The quantitative estimate of drug-likeness (QED) is 0.880. The molecule has 0 spiro atoms. The summed E-state index contributed by atoms with van der Waals surface area (Å²) in [5.74, 6) is -0.906. The molecule has 0 radical (unpaired) electrons. The molecule has 1 heterocycles. The molecule has 1 aromatic carbocycles. The third-order valence-corrected chi connectivity index (χ3v) is 3.71. The lowest BCUT2D eigenvalue weighted by Crippen LogP contribution is -2.29. The number of aromatic carboxylic acids is 1. The Morgan fingerprint density at radius 2 is 2.10 bits per heavy atom. The second-order valence-corrected chi connectivity index (χ2v) is 5.00.